The minimum absolute atomic E-state index is 0.104. The van der Waals surface area contributed by atoms with Crippen molar-refractivity contribution in [3.63, 3.8) is 0 Å². The molecule has 0 saturated carbocycles. The van der Waals surface area contributed by atoms with E-state index in [0.29, 0.717) is 18.5 Å². The molecule has 0 bridgehead atoms. The topological polar surface area (TPSA) is 70.4 Å². The van der Waals surface area contributed by atoms with Crippen molar-refractivity contribution in [2.75, 3.05) is 19.6 Å². The number of carbonyl (C=O) groups excluding carboxylic acids is 1. The molecule has 2 aliphatic rings. The van der Waals surface area contributed by atoms with Crippen molar-refractivity contribution in [2.45, 2.75) is 25.4 Å². The highest BCUT2D eigenvalue weighted by Crippen LogP contribution is 2.34. The van der Waals surface area contributed by atoms with Gasteiger partial charge >= 0.3 is 0 Å². The third-order valence-electron chi connectivity index (χ3n) is 5.97. The van der Waals surface area contributed by atoms with E-state index in [-0.39, 0.29) is 17.9 Å². The molecule has 27 heavy (non-hydrogen) atoms. The lowest BCUT2D eigenvalue weighted by molar-refractivity contribution is -0.136. The van der Waals surface area contributed by atoms with E-state index in [1.807, 2.05) is 17.9 Å². The fraction of sp³-hybridized carbons (Fsp3) is 0.409. The molecule has 0 radical (unpaired) electrons. The van der Waals surface area contributed by atoms with Gasteiger partial charge in [-0.2, -0.15) is 0 Å². The van der Waals surface area contributed by atoms with Crippen molar-refractivity contribution in [1.29, 1.82) is 0 Å². The molecule has 4 rings (SSSR count). The molecule has 2 aromatic carbocycles. The number of fused-ring (bicyclic) bond motifs is 1. The van der Waals surface area contributed by atoms with Gasteiger partial charge in [0.2, 0.25) is 5.91 Å². The van der Waals surface area contributed by atoms with E-state index < -0.39 is 0 Å². The summed E-state index contributed by atoms with van der Waals surface area (Å²) in [6.45, 7) is 3.90. The maximum absolute atomic E-state index is 12.6. The molecule has 1 amide bonds. The van der Waals surface area contributed by atoms with E-state index in [4.69, 9.17) is 5.73 Å². The number of nitrogens with one attached hydrogen (secondary N) is 2. The van der Waals surface area contributed by atoms with Gasteiger partial charge in [0.25, 0.3) is 0 Å². The van der Waals surface area contributed by atoms with Crippen LogP contribution in [0.4, 0.5) is 0 Å². The standard InChI is InChI=1S/C22H28N4O/c1-15(13-23)22(27)26-12-11-20-19(14-26)21(25-24-20)18-9-7-17(8-10-18)16-5-3-2-4-6-16/h2-10,15,19-21,24-25H,11-14,23H2,1H3. The number of rotatable bonds is 4. The molecule has 142 valence electrons. The van der Waals surface area contributed by atoms with Crippen molar-refractivity contribution < 1.29 is 4.79 Å². The quantitative estimate of drug-likeness (QED) is 0.779. The first-order valence-electron chi connectivity index (χ1n) is 9.82. The number of hydrogen-bond acceptors (Lipinski definition) is 4. The Morgan fingerprint density at radius 1 is 1.11 bits per heavy atom. The van der Waals surface area contributed by atoms with Crippen LogP contribution in [0, 0.1) is 11.8 Å². The van der Waals surface area contributed by atoms with Crippen LogP contribution in [0.1, 0.15) is 24.9 Å². The molecular formula is C22H28N4O. The van der Waals surface area contributed by atoms with Crippen molar-refractivity contribution >= 4 is 5.91 Å². The Bertz CT molecular complexity index is 777. The highest BCUT2D eigenvalue weighted by molar-refractivity contribution is 5.78. The smallest absolute Gasteiger partial charge is 0.226 e. The van der Waals surface area contributed by atoms with Gasteiger partial charge in [0.1, 0.15) is 0 Å². The van der Waals surface area contributed by atoms with E-state index in [2.05, 4.69) is 59.4 Å². The predicted molar refractivity (Wildman–Crippen MR) is 108 cm³/mol. The second-order valence-electron chi connectivity index (χ2n) is 7.73. The molecule has 2 heterocycles. The first-order valence-corrected chi connectivity index (χ1v) is 9.82. The van der Waals surface area contributed by atoms with Crippen LogP contribution >= 0.6 is 0 Å². The van der Waals surface area contributed by atoms with Crippen LogP contribution in [0.2, 0.25) is 0 Å². The zero-order valence-electron chi connectivity index (χ0n) is 15.8. The summed E-state index contributed by atoms with van der Waals surface area (Å²) in [7, 11) is 0. The number of amides is 1. The first-order chi connectivity index (χ1) is 13.2. The van der Waals surface area contributed by atoms with E-state index >= 15 is 0 Å². The molecule has 0 aliphatic carbocycles. The van der Waals surface area contributed by atoms with Gasteiger partial charge in [0, 0.05) is 37.5 Å². The molecule has 0 spiro atoms. The van der Waals surface area contributed by atoms with Gasteiger partial charge in [0.15, 0.2) is 0 Å². The maximum atomic E-state index is 12.6. The summed E-state index contributed by atoms with van der Waals surface area (Å²) >= 11 is 0. The summed E-state index contributed by atoms with van der Waals surface area (Å²) in [5.74, 6) is 0.448. The fourth-order valence-corrected chi connectivity index (χ4v) is 4.26. The SMILES string of the molecule is CC(CN)C(=O)N1CCC2NNC(c3ccc(-c4ccccc4)cc3)C2C1. The van der Waals surface area contributed by atoms with Crippen LogP contribution in [0.15, 0.2) is 54.6 Å². The summed E-state index contributed by atoms with van der Waals surface area (Å²) in [5, 5.41) is 0. The van der Waals surface area contributed by atoms with E-state index in [1.54, 1.807) is 0 Å². The Morgan fingerprint density at radius 3 is 2.52 bits per heavy atom. The van der Waals surface area contributed by atoms with Crippen molar-refractivity contribution in [3.05, 3.63) is 60.2 Å². The third-order valence-corrected chi connectivity index (χ3v) is 5.97. The normalized spacial score (nSPS) is 25.9. The molecule has 2 aliphatic heterocycles. The number of hydrazine groups is 1. The number of hydrogen-bond donors (Lipinski definition) is 3. The van der Waals surface area contributed by atoms with Crippen LogP contribution in [0.3, 0.4) is 0 Å². The predicted octanol–water partition coefficient (Wildman–Crippen LogP) is 2.31. The first kappa shape index (κ1) is 18.2. The fourth-order valence-electron chi connectivity index (χ4n) is 4.26. The lowest BCUT2D eigenvalue weighted by Crippen LogP contribution is -2.49. The summed E-state index contributed by atoms with van der Waals surface area (Å²) in [6.07, 6.45) is 0.972. The Labute approximate surface area is 160 Å². The molecule has 4 unspecified atom stereocenters. The minimum Gasteiger partial charge on any atom is -0.342 e. The highest BCUT2D eigenvalue weighted by Gasteiger charge is 2.41. The largest absolute Gasteiger partial charge is 0.342 e. The van der Waals surface area contributed by atoms with Crippen molar-refractivity contribution in [3.8, 4) is 11.1 Å². The van der Waals surface area contributed by atoms with Crippen LogP contribution in [0.5, 0.6) is 0 Å². The average Bonchev–Trinajstić information content (AvgIpc) is 3.16. The second-order valence-corrected chi connectivity index (χ2v) is 7.73. The Kier molecular flexibility index (Phi) is 5.25. The zero-order chi connectivity index (χ0) is 18.8. The molecular weight excluding hydrogens is 336 g/mol. The average molecular weight is 364 g/mol. The summed E-state index contributed by atoms with van der Waals surface area (Å²) in [4.78, 5) is 14.6. The van der Waals surface area contributed by atoms with Crippen molar-refractivity contribution in [2.24, 2.45) is 17.6 Å². The number of nitrogens with two attached hydrogens (primary N) is 1. The maximum Gasteiger partial charge on any atom is 0.226 e. The highest BCUT2D eigenvalue weighted by atomic mass is 16.2. The molecule has 2 aromatic rings. The lowest BCUT2D eigenvalue weighted by atomic mass is 9.84. The lowest BCUT2D eigenvalue weighted by Gasteiger charge is -2.37. The van der Waals surface area contributed by atoms with Gasteiger partial charge in [-0.05, 0) is 23.1 Å². The molecule has 2 fully saturated rings. The summed E-state index contributed by atoms with van der Waals surface area (Å²) < 4.78 is 0. The number of piperidine rings is 1. The van der Waals surface area contributed by atoms with Gasteiger partial charge in [0.05, 0.1) is 6.04 Å². The Balaban J connectivity index is 1.50. The van der Waals surface area contributed by atoms with Crippen LogP contribution in [0.25, 0.3) is 11.1 Å². The molecule has 5 heteroatoms. The van der Waals surface area contributed by atoms with Crippen LogP contribution in [-0.4, -0.2) is 36.5 Å². The molecule has 5 nitrogen and oxygen atoms in total. The second kappa shape index (κ2) is 7.80. The number of likely N-dealkylation sites (tertiary alicyclic amines) is 1. The summed E-state index contributed by atoms with van der Waals surface area (Å²) in [6, 6.07) is 19.8. The third kappa shape index (κ3) is 3.63. The van der Waals surface area contributed by atoms with Crippen molar-refractivity contribution in [1.82, 2.24) is 15.8 Å². The van der Waals surface area contributed by atoms with Gasteiger partial charge in [-0.3, -0.25) is 10.2 Å². The van der Waals surface area contributed by atoms with Gasteiger partial charge in [-0.1, -0.05) is 61.5 Å². The zero-order valence-corrected chi connectivity index (χ0v) is 15.8. The molecule has 2 saturated heterocycles. The Morgan fingerprint density at radius 2 is 1.81 bits per heavy atom. The monoisotopic (exact) mass is 364 g/mol. The van der Waals surface area contributed by atoms with Gasteiger partial charge < -0.3 is 10.6 Å². The van der Waals surface area contributed by atoms with E-state index in [0.717, 1.165) is 19.5 Å². The number of nitrogens with zero attached hydrogens (tertiary/aromatic N) is 1. The van der Waals surface area contributed by atoms with Crippen LogP contribution < -0.4 is 16.6 Å². The molecule has 4 atom stereocenters. The van der Waals surface area contributed by atoms with E-state index in [1.165, 1.54) is 16.7 Å². The van der Waals surface area contributed by atoms with Gasteiger partial charge in [-0.15, -0.1) is 0 Å². The Hall–Kier alpha value is -2.21. The van der Waals surface area contributed by atoms with Gasteiger partial charge in [-0.25, -0.2) is 5.43 Å². The number of carbonyl (C=O) groups is 1. The minimum atomic E-state index is -0.104. The van der Waals surface area contributed by atoms with Crippen LogP contribution in [-0.2, 0) is 4.79 Å². The van der Waals surface area contributed by atoms with E-state index in [9.17, 15) is 4.79 Å². The summed E-state index contributed by atoms with van der Waals surface area (Å²) in [5.41, 5.74) is 16.3. The molecule has 4 N–H and O–H groups in total. The molecule has 0 aromatic heterocycles. The number of benzene rings is 2.